The van der Waals surface area contributed by atoms with E-state index in [0.29, 0.717) is 34.8 Å². The number of nitrogens with one attached hydrogen (secondary N) is 1. The van der Waals surface area contributed by atoms with Crippen LogP contribution in [0, 0.1) is 30.1 Å². The Hall–Kier alpha value is -2.31. The smallest absolute Gasteiger partial charge is 0.341 e. The quantitative estimate of drug-likeness (QED) is 0.752. The first-order valence-corrected chi connectivity index (χ1v) is 10.00. The van der Waals surface area contributed by atoms with Gasteiger partial charge in [-0.2, -0.15) is 0 Å². The van der Waals surface area contributed by atoms with Crippen LogP contribution in [0.15, 0.2) is 10.5 Å². The van der Waals surface area contributed by atoms with Gasteiger partial charge in [0.2, 0.25) is 5.91 Å². The molecular formula is C21H27NO6. The summed E-state index contributed by atoms with van der Waals surface area (Å²) in [6.45, 7) is 1.40. The highest BCUT2D eigenvalue weighted by Crippen LogP contribution is 2.60. The van der Waals surface area contributed by atoms with Gasteiger partial charge in [-0.15, -0.1) is 0 Å². The molecule has 4 saturated carbocycles. The zero-order valence-corrected chi connectivity index (χ0v) is 16.4. The van der Waals surface area contributed by atoms with Gasteiger partial charge in [-0.1, -0.05) is 0 Å². The van der Waals surface area contributed by atoms with Crippen molar-refractivity contribution in [1.29, 1.82) is 0 Å². The van der Waals surface area contributed by atoms with Crippen molar-refractivity contribution in [2.75, 3.05) is 13.7 Å². The SMILES string of the molecule is COC(=O)c1cc(COC(=O)CNC(=O)C23CC4CC(CC(C4)C2)C3)oc1C. The molecule has 5 rings (SSSR count). The Morgan fingerprint density at radius 2 is 1.75 bits per heavy atom. The summed E-state index contributed by atoms with van der Waals surface area (Å²) < 4.78 is 15.3. The predicted molar refractivity (Wildman–Crippen MR) is 98.2 cm³/mol. The van der Waals surface area contributed by atoms with Crippen LogP contribution in [-0.2, 0) is 25.7 Å². The van der Waals surface area contributed by atoms with E-state index in [4.69, 9.17) is 9.15 Å². The molecule has 7 heteroatoms. The second-order valence-electron chi connectivity index (χ2n) is 8.72. The maximum Gasteiger partial charge on any atom is 0.341 e. The normalized spacial score (nSPS) is 30.1. The molecule has 28 heavy (non-hydrogen) atoms. The van der Waals surface area contributed by atoms with Crippen LogP contribution >= 0.6 is 0 Å². The second kappa shape index (κ2) is 7.26. The van der Waals surface area contributed by atoms with Crippen molar-refractivity contribution in [2.45, 2.75) is 52.1 Å². The van der Waals surface area contributed by atoms with Crippen LogP contribution in [0.2, 0.25) is 0 Å². The highest BCUT2D eigenvalue weighted by molar-refractivity contribution is 5.90. The van der Waals surface area contributed by atoms with Crippen molar-refractivity contribution in [1.82, 2.24) is 5.32 Å². The summed E-state index contributed by atoms with van der Waals surface area (Å²) in [5, 5.41) is 2.80. The third-order valence-corrected chi connectivity index (χ3v) is 6.66. The van der Waals surface area contributed by atoms with E-state index in [9.17, 15) is 14.4 Å². The summed E-state index contributed by atoms with van der Waals surface area (Å²) in [6.07, 6.45) is 6.69. The molecule has 0 aliphatic heterocycles. The van der Waals surface area contributed by atoms with Crippen molar-refractivity contribution in [3.8, 4) is 0 Å². The fourth-order valence-electron chi connectivity index (χ4n) is 5.86. The summed E-state index contributed by atoms with van der Waals surface area (Å²) in [7, 11) is 1.29. The molecule has 1 N–H and O–H groups in total. The highest BCUT2D eigenvalue weighted by atomic mass is 16.5. The predicted octanol–water partition coefficient (Wildman–Crippen LogP) is 2.75. The first-order chi connectivity index (χ1) is 13.4. The molecule has 1 heterocycles. The Kier molecular flexibility index (Phi) is 4.93. The van der Waals surface area contributed by atoms with E-state index in [1.807, 2.05) is 0 Å². The lowest BCUT2D eigenvalue weighted by Gasteiger charge is -2.55. The van der Waals surface area contributed by atoms with Crippen LogP contribution in [0.4, 0.5) is 0 Å². The Morgan fingerprint density at radius 3 is 2.32 bits per heavy atom. The minimum atomic E-state index is -0.522. The standard InChI is InChI=1S/C21H27NO6/c1-12-17(19(24)26-2)6-16(28-12)11-27-18(23)10-22-20(25)21-7-13-3-14(8-21)5-15(4-13)9-21/h6,13-15H,3-5,7-11H2,1-2H3,(H,22,25). The molecule has 0 unspecified atom stereocenters. The number of aryl methyl sites for hydroxylation is 1. The molecule has 0 spiro atoms. The van der Waals surface area contributed by atoms with Gasteiger partial charge in [0.05, 0.1) is 7.11 Å². The number of carbonyl (C=O) groups is 3. The number of hydrogen-bond donors (Lipinski definition) is 1. The third-order valence-electron chi connectivity index (χ3n) is 6.66. The lowest BCUT2D eigenvalue weighted by molar-refractivity contribution is -0.151. The molecule has 4 fully saturated rings. The van der Waals surface area contributed by atoms with Crippen molar-refractivity contribution < 1.29 is 28.3 Å². The lowest BCUT2D eigenvalue weighted by Crippen LogP contribution is -2.54. The Morgan fingerprint density at radius 1 is 1.14 bits per heavy atom. The van der Waals surface area contributed by atoms with Gasteiger partial charge >= 0.3 is 11.9 Å². The zero-order chi connectivity index (χ0) is 19.9. The lowest BCUT2D eigenvalue weighted by atomic mass is 9.49. The summed E-state index contributed by atoms with van der Waals surface area (Å²) in [5.41, 5.74) is 0.0337. The van der Waals surface area contributed by atoms with Gasteiger partial charge in [-0.05, 0) is 69.3 Å². The number of ether oxygens (including phenoxy) is 2. The summed E-state index contributed by atoms with van der Waals surface area (Å²) in [4.78, 5) is 36.5. The maximum absolute atomic E-state index is 12.8. The van der Waals surface area contributed by atoms with E-state index < -0.39 is 11.9 Å². The number of methoxy groups -OCH3 is 1. The van der Waals surface area contributed by atoms with Crippen molar-refractivity contribution in [3.05, 3.63) is 23.2 Å². The van der Waals surface area contributed by atoms with Gasteiger partial charge < -0.3 is 19.2 Å². The molecule has 4 aliphatic rings. The van der Waals surface area contributed by atoms with E-state index in [0.717, 1.165) is 19.3 Å². The van der Waals surface area contributed by atoms with Crippen LogP contribution in [0.25, 0.3) is 0 Å². The fraction of sp³-hybridized carbons (Fsp3) is 0.667. The van der Waals surface area contributed by atoms with Gasteiger partial charge in [0.1, 0.15) is 30.2 Å². The molecule has 0 radical (unpaired) electrons. The van der Waals surface area contributed by atoms with Crippen LogP contribution in [-0.4, -0.2) is 31.5 Å². The van der Waals surface area contributed by atoms with Crippen LogP contribution in [0.5, 0.6) is 0 Å². The molecule has 1 aromatic heterocycles. The minimum absolute atomic E-state index is 0.00497. The van der Waals surface area contributed by atoms with Gasteiger partial charge in [-0.3, -0.25) is 9.59 Å². The largest absolute Gasteiger partial charge is 0.465 e. The number of carbonyl (C=O) groups excluding carboxylic acids is 3. The van der Waals surface area contributed by atoms with E-state index in [1.165, 1.54) is 32.4 Å². The fourth-order valence-corrected chi connectivity index (χ4v) is 5.86. The van der Waals surface area contributed by atoms with Gasteiger partial charge in [-0.25, -0.2) is 4.79 Å². The van der Waals surface area contributed by atoms with Crippen molar-refractivity contribution in [2.24, 2.45) is 23.2 Å². The monoisotopic (exact) mass is 389 g/mol. The number of esters is 2. The summed E-state index contributed by atoms with van der Waals surface area (Å²) in [6, 6.07) is 1.50. The molecule has 0 atom stereocenters. The van der Waals surface area contributed by atoms with Crippen LogP contribution < -0.4 is 5.32 Å². The zero-order valence-electron chi connectivity index (χ0n) is 16.4. The molecule has 4 aliphatic carbocycles. The van der Waals surface area contributed by atoms with Gasteiger partial charge in [0.15, 0.2) is 0 Å². The molecular weight excluding hydrogens is 362 g/mol. The van der Waals surface area contributed by atoms with Crippen molar-refractivity contribution >= 4 is 17.8 Å². The van der Waals surface area contributed by atoms with Gasteiger partial charge in [0, 0.05) is 5.41 Å². The van der Waals surface area contributed by atoms with Crippen molar-refractivity contribution in [3.63, 3.8) is 0 Å². The number of hydrogen-bond acceptors (Lipinski definition) is 6. The van der Waals surface area contributed by atoms with Gasteiger partial charge in [0.25, 0.3) is 0 Å². The Labute approximate surface area is 164 Å². The first kappa shape index (κ1) is 19.0. The average Bonchev–Trinajstić information content (AvgIpc) is 3.03. The molecule has 152 valence electrons. The molecule has 0 saturated heterocycles. The average molecular weight is 389 g/mol. The topological polar surface area (TPSA) is 94.8 Å². The molecule has 4 bridgehead atoms. The molecule has 1 aromatic rings. The first-order valence-electron chi connectivity index (χ1n) is 10.00. The van der Waals surface area contributed by atoms with E-state index in [-0.39, 0.29) is 24.5 Å². The van der Waals surface area contributed by atoms with E-state index in [1.54, 1.807) is 6.92 Å². The molecule has 1 amide bonds. The molecule has 0 aromatic carbocycles. The van der Waals surface area contributed by atoms with E-state index >= 15 is 0 Å². The minimum Gasteiger partial charge on any atom is -0.465 e. The third kappa shape index (κ3) is 3.54. The van der Waals surface area contributed by atoms with Crippen LogP contribution in [0.3, 0.4) is 0 Å². The summed E-state index contributed by atoms with van der Waals surface area (Å²) >= 11 is 0. The number of furan rings is 1. The second-order valence-corrected chi connectivity index (χ2v) is 8.72. The van der Waals surface area contributed by atoms with Crippen LogP contribution in [0.1, 0.15) is 60.4 Å². The highest BCUT2D eigenvalue weighted by Gasteiger charge is 2.54. The Bertz CT molecular complexity index is 760. The molecule has 7 nitrogen and oxygen atoms in total. The van der Waals surface area contributed by atoms with E-state index in [2.05, 4.69) is 10.1 Å². The Balaban J connectivity index is 1.27. The summed E-state index contributed by atoms with van der Waals surface area (Å²) in [5.74, 6) is 1.78. The maximum atomic E-state index is 12.8. The number of rotatable bonds is 6. The number of amides is 1.